The first kappa shape index (κ1) is 22.4. The number of likely N-dealkylation sites (N-methyl/N-ethyl adjacent to an activating group) is 1. The Kier molecular flexibility index (Phi) is 5.96. The zero-order valence-electron chi connectivity index (χ0n) is 20.4. The minimum atomic E-state index is 0.122. The number of aromatic amines is 1. The van der Waals surface area contributed by atoms with Crippen molar-refractivity contribution >= 4 is 16.9 Å². The van der Waals surface area contributed by atoms with Gasteiger partial charge >= 0.3 is 0 Å². The first-order valence-corrected chi connectivity index (χ1v) is 12.1. The van der Waals surface area contributed by atoms with E-state index in [9.17, 15) is 4.79 Å². The van der Waals surface area contributed by atoms with E-state index in [0.717, 1.165) is 64.8 Å². The van der Waals surface area contributed by atoms with Crippen LogP contribution in [0, 0.1) is 6.92 Å². The molecule has 4 aromatic rings. The summed E-state index contributed by atoms with van der Waals surface area (Å²) < 4.78 is 0. The van der Waals surface area contributed by atoms with Crippen LogP contribution in [0.1, 0.15) is 34.8 Å². The number of likely N-dealkylation sites (tertiary alicyclic amines) is 1. The largest absolute Gasteiger partial charge is 0.346 e. The molecule has 1 unspecified atom stereocenters. The van der Waals surface area contributed by atoms with Gasteiger partial charge in [0, 0.05) is 53.6 Å². The SMILES string of the molecule is CCc1ccccc1-c1c[nH]c2ncc(-c3ccc(C)c(C(=O)N4CCC(N(C)C)C4)c3)cc12. The minimum absolute atomic E-state index is 0.122. The topological polar surface area (TPSA) is 52.2 Å². The molecule has 1 fully saturated rings. The van der Waals surface area contributed by atoms with E-state index < -0.39 is 0 Å². The summed E-state index contributed by atoms with van der Waals surface area (Å²) in [7, 11) is 4.17. The number of nitrogens with zero attached hydrogens (tertiary/aromatic N) is 3. The molecule has 2 aromatic carbocycles. The van der Waals surface area contributed by atoms with Crippen LogP contribution < -0.4 is 0 Å². The van der Waals surface area contributed by atoms with Crippen molar-refractivity contribution in [3.05, 3.63) is 77.6 Å². The Balaban J connectivity index is 1.51. The Morgan fingerprint density at radius 3 is 2.71 bits per heavy atom. The lowest BCUT2D eigenvalue weighted by atomic mass is 9.96. The molecule has 5 heteroatoms. The van der Waals surface area contributed by atoms with Crippen LogP contribution in [0.3, 0.4) is 0 Å². The van der Waals surface area contributed by atoms with Crippen LogP contribution >= 0.6 is 0 Å². The lowest BCUT2D eigenvalue weighted by molar-refractivity contribution is 0.0782. The van der Waals surface area contributed by atoms with Gasteiger partial charge in [-0.15, -0.1) is 0 Å². The van der Waals surface area contributed by atoms with Gasteiger partial charge in [-0.05, 0) is 68.2 Å². The third-order valence-corrected chi connectivity index (χ3v) is 7.20. The molecule has 2 aromatic heterocycles. The highest BCUT2D eigenvalue weighted by molar-refractivity contribution is 5.99. The number of pyridine rings is 1. The van der Waals surface area contributed by atoms with Crippen LogP contribution in [-0.2, 0) is 6.42 Å². The van der Waals surface area contributed by atoms with E-state index in [4.69, 9.17) is 4.98 Å². The lowest BCUT2D eigenvalue weighted by Gasteiger charge is -2.21. The monoisotopic (exact) mass is 452 g/mol. The number of carbonyl (C=O) groups is 1. The van der Waals surface area contributed by atoms with E-state index in [1.807, 2.05) is 24.1 Å². The predicted octanol–water partition coefficient (Wildman–Crippen LogP) is 5.54. The number of carbonyl (C=O) groups excluding carboxylic acids is 1. The van der Waals surface area contributed by atoms with Crippen LogP contribution in [0.2, 0.25) is 0 Å². The van der Waals surface area contributed by atoms with Gasteiger partial charge in [-0.3, -0.25) is 4.79 Å². The Labute approximate surface area is 201 Å². The molecule has 5 rings (SSSR count). The van der Waals surface area contributed by atoms with Crippen molar-refractivity contribution in [2.24, 2.45) is 0 Å². The average Bonchev–Trinajstić information content (AvgIpc) is 3.51. The lowest BCUT2D eigenvalue weighted by Crippen LogP contribution is -2.34. The molecule has 0 saturated carbocycles. The summed E-state index contributed by atoms with van der Waals surface area (Å²) in [5, 5.41) is 1.10. The minimum Gasteiger partial charge on any atom is -0.346 e. The zero-order valence-corrected chi connectivity index (χ0v) is 20.4. The zero-order chi connectivity index (χ0) is 23.8. The van der Waals surface area contributed by atoms with E-state index in [1.54, 1.807) is 0 Å². The number of hydrogen-bond acceptors (Lipinski definition) is 3. The Morgan fingerprint density at radius 1 is 1.12 bits per heavy atom. The van der Waals surface area contributed by atoms with Crippen LogP contribution in [0.15, 0.2) is 60.9 Å². The van der Waals surface area contributed by atoms with Gasteiger partial charge in [0.1, 0.15) is 5.65 Å². The molecule has 1 aliphatic rings. The first-order chi connectivity index (χ1) is 16.5. The molecule has 1 saturated heterocycles. The molecule has 0 aliphatic carbocycles. The molecule has 0 spiro atoms. The normalized spacial score (nSPS) is 16.0. The Bertz CT molecular complexity index is 1350. The fourth-order valence-corrected chi connectivity index (χ4v) is 5.03. The van der Waals surface area contributed by atoms with Crippen molar-refractivity contribution in [1.29, 1.82) is 0 Å². The number of aryl methyl sites for hydroxylation is 2. The molecular weight excluding hydrogens is 420 g/mol. The third kappa shape index (κ3) is 4.01. The second-order valence-corrected chi connectivity index (χ2v) is 9.52. The van der Waals surface area contributed by atoms with E-state index in [1.165, 1.54) is 11.1 Å². The van der Waals surface area contributed by atoms with Gasteiger partial charge in [-0.25, -0.2) is 4.98 Å². The van der Waals surface area contributed by atoms with Gasteiger partial charge in [0.2, 0.25) is 0 Å². The fraction of sp³-hybridized carbons (Fsp3) is 0.310. The summed E-state index contributed by atoms with van der Waals surface area (Å²) in [6, 6.07) is 17.3. The summed E-state index contributed by atoms with van der Waals surface area (Å²) in [5.74, 6) is 0.122. The molecule has 0 bridgehead atoms. The molecule has 0 radical (unpaired) electrons. The van der Waals surface area contributed by atoms with Gasteiger partial charge in [0.25, 0.3) is 5.91 Å². The number of benzene rings is 2. The number of fused-ring (bicyclic) bond motifs is 1. The van der Waals surface area contributed by atoms with Gasteiger partial charge in [0.05, 0.1) is 0 Å². The summed E-state index contributed by atoms with van der Waals surface area (Å²) in [6.45, 7) is 5.79. The van der Waals surface area contributed by atoms with E-state index >= 15 is 0 Å². The summed E-state index contributed by atoms with van der Waals surface area (Å²) in [5.41, 5.74) is 8.42. The molecule has 1 aliphatic heterocycles. The van der Waals surface area contributed by atoms with E-state index in [2.05, 4.69) is 79.6 Å². The highest BCUT2D eigenvalue weighted by Gasteiger charge is 2.29. The van der Waals surface area contributed by atoms with E-state index in [-0.39, 0.29) is 5.91 Å². The molecule has 1 atom stereocenters. The van der Waals surface area contributed by atoms with Crippen molar-refractivity contribution in [1.82, 2.24) is 19.8 Å². The molecular formula is C29H32N4O. The first-order valence-electron chi connectivity index (χ1n) is 12.1. The van der Waals surface area contributed by atoms with Crippen molar-refractivity contribution in [2.45, 2.75) is 32.7 Å². The van der Waals surface area contributed by atoms with Gasteiger partial charge in [0.15, 0.2) is 0 Å². The quantitative estimate of drug-likeness (QED) is 0.432. The van der Waals surface area contributed by atoms with Crippen molar-refractivity contribution in [3.63, 3.8) is 0 Å². The van der Waals surface area contributed by atoms with Crippen LogP contribution in [0.5, 0.6) is 0 Å². The smallest absolute Gasteiger partial charge is 0.254 e. The second-order valence-electron chi connectivity index (χ2n) is 9.52. The van der Waals surface area contributed by atoms with Gasteiger partial charge in [-0.1, -0.05) is 43.3 Å². The fourth-order valence-electron chi connectivity index (χ4n) is 5.03. The number of rotatable bonds is 5. The molecule has 34 heavy (non-hydrogen) atoms. The maximum absolute atomic E-state index is 13.4. The second kappa shape index (κ2) is 9.07. The number of H-pyrrole nitrogens is 1. The Morgan fingerprint density at radius 2 is 1.94 bits per heavy atom. The summed E-state index contributed by atoms with van der Waals surface area (Å²) in [4.78, 5) is 25.6. The van der Waals surface area contributed by atoms with E-state index in [0.29, 0.717) is 6.04 Å². The molecule has 5 nitrogen and oxygen atoms in total. The number of aromatic nitrogens is 2. The number of hydrogen-bond donors (Lipinski definition) is 1. The molecule has 1 N–H and O–H groups in total. The summed E-state index contributed by atoms with van der Waals surface area (Å²) >= 11 is 0. The number of amides is 1. The number of nitrogens with one attached hydrogen (secondary N) is 1. The average molecular weight is 453 g/mol. The van der Waals surface area contributed by atoms with Crippen molar-refractivity contribution in [2.75, 3.05) is 27.2 Å². The predicted molar refractivity (Wildman–Crippen MR) is 139 cm³/mol. The van der Waals surface area contributed by atoms with Gasteiger partial charge in [-0.2, -0.15) is 0 Å². The summed E-state index contributed by atoms with van der Waals surface area (Å²) in [6.07, 6.45) is 5.94. The maximum atomic E-state index is 13.4. The standard InChI is InChI=1S/C29H32N4O/c1-5-20-8-6-7-9-24(20)27-17-31-28-26(27)15-22(16-30-28)21-11-10-19(2)25(14-21)29(34)33-13-12-23(18-33)32(3)4/h6-11,14-17,23H,5,12-13,18H2,1-4H3,(H,30,31). The van der Waals surface area contributed by atoms with Crippen LogP contribution in [0.4, 0.5) is 0 Å². The van der Waals surface area contributed by atoms with Crippen molar-refractivity contribution in [3.8, 4) is 22.3 Å². The molecule has 3 heterocycles. The van der Waals surface area contributed by atoms with Crippen LogP contribution in [0.25, 0.3) is 33.3 Å². The van der Waals surface area contributed by atoms with Crippen LogP contribution in [-0.4, -0.2) is 58.9 Å². The molecule has 1 amide bonds. The van der Waals surface area contributed by atoms with Crippen molar-refractivity contribution < 1.29 is 4.79 Å². The highest BCUT2D eigenvalue weighted by atomic mass is 16.2. The third-order valence-electron chi connectivity index (χ3n) is 7.20. The maximum Gasteiger partial charge on any atom is 0.254 e. The van der Waals surface area contributed by atoms with Gasteiger partial charge < -0.3 is 14.8 Å². The molecule has 174 valence electrons. The highest BCUT2D eigenvalue weighted by Crippen LogP contribution is 2.33. The Hall–Kier alpha value is -3.44.